The summed E-state index contributed by atoms with van der Waals surface area (Å²) in [6, 6.07) is 5.50. The van der Waals surface area contributed by atoms with Gasteiger partial charge in [0, 0.05) is 28.7 Å². The molecule has 1 heterocycles. The molecule has 0 atom stereocenters. The Kier molecular flexibility index (Phi) is 3.19. The summed E-state index contributed by atoms with van der Waals surface area (Å²) in [7, 11) is 1.34. The first-order chi connectivity index (χ1) is 8.58. The van der Waals surface area contributed by atoms with Crippen LogP contribution in [-0.4, -0.2) is 23.9 Å². The standard InChI is InChI=1S/C14H15NO3/c1-9(2)15-7-11(8-16)12-6-10(14(17)18-3)4-5-13(12)15/h4-9H,1-3H3. The number of hydrogen-bond donors (Lipinski definition) is 0. The maximum atomic E-state index is 11.5. The van der Waals surface area contributed by atoms with E-state index in [1.54, 1.807) is 12.1 Å². The summed E-state index contributed by atoms with van der Waals surface area (Å²) in [5.74, 6) is -0.397. The van der Waals surface area contributed by atoms with Crippen LogP contribution in [0, 0.1) is 0 Å². The van der Waals surface area contributed by atoms with Crippen molar-refractivity contribution in [3.8, 4) is 0 Å². The summed E-state index contributed by atoms with van der Waals surface area (Å²) in [6.45, 7) is 4.09. The fraction of sp³-hybridized carbons (Fsp3) is 0.286. The number of rotatable bonds is 3. The zero-order valence-corrected chi connectivity index (χ0v) is 10.6. The predicted molar refractivity (Wildman–Crippen MR) is 69.1 cm³/mol. The van der Waals surface area contributed by atoms with E-state index in [-0.39, 0.29) is 6.04 Å². The summed E-state index contributed by atoms with van der Waals surface area (Å²) in [5.41, 5.74) is 1.99. The molecule has 0 spiro atoms. The first kappa shape index (κ1) is 12.4. The maximum absolute atomic E-state index is 11.5. The van der Waals surface area contributed by atoms with Gasteiger partial charge in [-0.1, -0.05) is 0 Å². The van der Waals surface area contributed by atoms with Crippen LogP contribution in [0.2, 0.25) is 0 Å². The topological polar surface area (TPSA) is 48.3 Å². The van der Waals surface area contributed by atoms with Crippen molar-refractivity contribution in [1.29, 1.82) is 0 Å². The van der Waals surface area contributed by atoms with E-state index < -0.39 is 5.97 Å². The lowest BCUT2D eigenvalue weighted by Crippen LogP contribution is -2.01. The average Bonchev–Trinajstić information content (AvgIpc) is 2.75. The molecule has 0 unspecified atom stereocenters. The number of nitrogens with zero attached hydrogens (tertiary/aromatic N) is 1. The third-order valence-corrected chi connectivity index (χ3v) is 2.97. The number of esters is 1. The van der Waals surface area contributed by atoms with Gasteiger partial charge < -0.3 is 9.30 Å². The average molecular weight is 245 g/mol. The molecule has 0 bridgehead atoms. The number of benzene rings is 1. The van der Waals surface area contributed by atoms with Gasteiger partial charge in [-0.25, -0.2) is 4.79 Å². The molecule has 0 aliphatic heterocycles. The SMILES string of the molecule is COC(=O)c1ccc2c(c1)c(C=O)cn2C(C)C. The number of aldehydes is 1. The molecule has 0 fully saturated rings. The summed E-state index contributed by atoms with van der Waals surface area (Å²) in [5, 5.41) is 0.779. The minimum absolute atomic E-state index is 0.255. The van der Waals surface area contributed by atoms with Gasteiger partial charge in [0.15, 0.2) is 6.29 Å². The largest absolute Gasteiger partial charge is 0.465 e. The van der Waals surface area contributed by atoms with Gasteiger partial charge in [0.25, 0.3) is 0 Å². The molecule has 4 heteroatoms. The summed E-state index contributed by atoms with van der Waals surface area (Å²) in [6.07, 6.45) is 2.62. The smallest absolute Gasteiger partial charge is 0.337 e. The van der Waals surface area contributed by atoms with Crippen LogP contribution in [0.25, 0.3) is 10.9 Å². The van der Waals surface area contributed by atoms with Crippen molar-refractivity contribution in [1.82, 2.24) is 4.57 Å². The predicted octanol–water partition coefficient (Wildman–Crippen LogP) is 2.82. The van der Waals surface area contributed by atoms with Crippen molar-refractivity contribution in [2.75, 3.05) is 7.11 Å². The molecule has 18 heavy (non-hydrogen) atoms. The Hall–Kier alpha value is -2.10. The van der Waals surface area contributed by atoms with E-state index in [0.29, 0.717) is 11.1 Å². The Bertz CT molecular complexity index is 611. The molecule has 1 aromatic carbocycles. The maximum Gasteiger partial charge on any atom is 0.337 e. The van der Waals surface area contributed by atoms with E-state index in [1.807, 2.05) is 30.7 Å². The van der Waals surface area contributed by atoms with Gasteiger partial charge in [0.2, 0.25) is 0 Å². The highest BCUT2D eigenvalue weighted by Gasteiger charge is 2.13. The van der Waals surface area contributed by atoms with Crippen molar-refractivity contribution in [2.45, 2.75) is 19.9 Å². The number of ether oxygens (including phenoxy) is 1. The van der Waals surface area contributed by atoms with Crippen LogP contribution in [0.15, 0.2) is 24.4 Å². The number of methoxy groups -OCH3 is 1. The number of fused-ring (bicyclic) bond motifs is 1. The summed E-state index contributed by atoms with van der Waals surface area (Å²) < 4.78 is 6.69. The van der Waals surface area contributed by atoms with Gasteiger partial charge in [-0.2, -0.15) is 0 Å². The van der Waals surface area contributed by atoms with Gasteiger partial charge >= 0.3 is 5.97 Å². The van der Waals surface area contributed by atoms with Crippen molar-refractivity contribution in [3.63, 3.8) is 0 Å². The monoisotopic (exact) mass is 245 g/mol. The van der Waals surface area contributed by atoms with Gasteiger partial charge in [0.05, 0.1) is 12.7 Å². The van der Waals surface area contributed by atoms with Crippen molar-refractivity contribution in [3.05, 3.63) is 35.5 Å². The Morgan fingerprint density at radius 2 is 2.11 bits per heavy atom. The molecule has 0 saturated carbocycles. The fourth-order valence-electron chi connectivity index (χ4n) is 2.05. The van der Waals surface area contributed by atoms with E-state index in [0.717, 1.165) is 17.2 Å². The van der Waals surface area contributed by atoms with Crippen LogP contribution in [0.4, 0.5) is 0 Å². The highest BCUT2D eigenvalue weighted by atomic mass is 16.5. The molecule has 1 aromatic heterocycles. The fourth-order valence-corrected chi connectivity index (χ4v) is 2.05. The van der Waals surface area contributed by atoms with Crippen molar-refractivity contribution < 1.29 is 14.3 Å². The minimum Gasteiger partial charge on any atom is -0.465 e. The van der Waals surface area contributed by atoms with Gasteiger partial charge in [0.1, 0.15) is 0 Å². The summed E-state index contributed by atoms with van der Waals surface area (Å²) >= 11 is 0. The molecule has 0 aliphatic rings. The van der Waals surface area contributed by atoms with Crippen LogP contribution >= 0.6 is 0 Å². The van der Waals surface area contributed by atoms with E-state index >= 15 is 0 Å². The van der Waals surface area contributed by atoms with Crippen LogP contribution in [0.5, 0.6) is 0 Å². The molecular formula is C14H15NO3. The molecule has 0 saturated heterocycles. The highest BCUT2D eigenvalue weighted by Crippen LogP contribution is 2.25. The van der Waals surface area contributed by atoms with E-state index in [9.17, 15) is 9.59 Å². The number of aromatic nitrogens is 1. The molecule has 0 amide bonds. The van der Waals surface area contributed by atoms with Gasteiger partial charge in [-0.05, 0) is 32.0 Å². The normalized spacial score (nSPS) is 10.9. The van der Waals surface area contributed by atoms with E-state index in [4.69, 9.17) is 0 Å². The van der Waals surface area contributed by atoms with Crippen LogP contribution in [-0.2, 0) is 4.74 Å². The second kappa shape index (κ2) is 4.64. The van der Waals surface area contributed by atoms with Crippen LogP contribution in [0.1, 0.15) is 40.6 Å². The van der Waals surface area contributed by atoms with Gasteiger partial charge in [-0.3, -0.25) is 4.79 Å². The molecule has 0 radical (unpaired) electrons. The molecule has 94 valence electrons. The van der Waals surface area contributed by atoms with E-state index in [1.165, 1.54) is 7.11 Å². The molecule has 0 aliphatic carbocycles. The van der Waals surface area contributed by atoms with E-state index in [2.05, 4.69) is 4.74 Å². The summed E-state index contributed by atoms with van der Waals surface area (Å²) in [4.78, 5) is 22.6. The first-order valence-electron chi connectivity index (χ1n) is 5.76. The van der Waals surface area contributed by atoms with Gasteiger partial charge in [-0.15, -0.1) is 0 Å². The Labute approximate surface area is 105 Å². The Balaban J connectivity index is 2.69. The van der Waals surface area contributed by atoms with Crippen LogP contribution < -0.4 is 0 Å². The Morgan fingerprint density at radius 3 is 2.67 bits per heavy atom. The van der Waals surface area contributed by atoms with Crippen LogP contribution in [0.3, 0.4) is 0 Å². The number of hydrogen-bond acceptors (Lipinski definition) is 3. The van der Waals surface area contributed by atoms with Crippen molar-refractivity contribution in [2.24, 2.45) is 0 Å². The highest BCUT2D eigenvalue weighted by molar-refractivity contribution is 6.01. The Morgan fingerprint density at radius 1 is 1.39 bits per heavy atom. The lowest BCUT2D eigenvalue weighted by molar-refractivity contribution is 0.0601. The zero-order chi connectivity index (χ0) is 13.3. The zero-order valence-electron chi connectivity index (χ0n) is 10.6. The minimum atomic E-state index is -0.397. The third-order valence-electron chi connectivity index (χ3n) is 2.97. The second-order valence-corrected chi connectivity index (χ2v) is 4.43. The first-order valence-corrected chi connectivity index (χ1v) is 5.76. The lowest BCUT2D eigenvalue weighted by Gasteiger charge is -2.09. The molecule has 2 aromatic rings. The molecular weight excluding hydrogens is 230 g/mol. The second-order valence-electron chi connectivity index (χ2n) is 4.43. The third kappa shape index (κ3) is 1.90. The lowest BCUT2D eigenvalue weighted by atomic mass is 10.1. The molecule has 0 N–H and O–H groups in total. The number of carbonyl (C=O) groups is 2. The molecule has 2 rings (SSSR count). The van der Waals surface area contributed by atoms with Crippen molar-refractivity contribution >= 4 is 23.2 Å². The molecule has 4 nitrogen and oxygen atoms in total. The number of carbonyl (C=O) groups excluding carboxylic acids is 2. The quantitative estimate of drug-likeness (QED) is 0.617.